The molecule has 0 aromatic heterocycles. The van der Waals surface area contributed by atoms with Crippen LogP contribution in [-0.4, -0.2) is 50.8 Å². The van der Waals surface area contributed by atoms with E-state index in [9.17, 15) is 18.0 Å². The number of hydrogen-bond acceptors (Lipinski definition) is 5. The van der Waals surface area contributed by atoms with E-state index in [4.69, 9.17) is 16.3 Å². The number of carbonyl (C=O) groups excluding carboxylic acids is 2. The van der Waals surface area contributed by atoms with Crippen LogP contribution in [0.2, 0.25) is 5.02 Å². The largest absolute Gasteiger partial charge is 0.449 e. The molecule has 1 aliphatic rings. The Morgan fingerprint density at radius 1 is 1.03 bits per heavy atom. The van der Waals surface area contributed by atoms with E-state index < -0.39 is 28.0 Å². The molecule has 0 N–H and O–H groups in total. The maximum atomic E-state index is 13.1. The van der Waals surface area contributed by atoms with Gasteiger partial charge in [0.2, 0.25) is 10.0 Å². The Hall–Kier alpha value is -2.42. The average molecular weight is 479 g/mol. The van der Waals surface area contributed by atoms with E-state index in [1.54, 1.807) is 31.3 Å². The highest BCUT2D eigenvalue weighted by atomic mass is 35.5. The minimum Gasteiger partial charge on any atom is -0.449 e. The number of ether oxygens (including phenoxy) is 1. The van der Waals surface area contributed by atoms with E-state index in [0.717, 1.165) is 25.7 Å². The summed E-state index contributed by atoms with van der Waals surface area (Å²) in [6, 6.07) is 13.0. The lowest BCUT2D eigenvalue weighted by molar-refractivity contribution is -0.126. The number of halogens is 1. The molecule has 2 aromatic carbocycles. The van der Waals surface area contributed by atoms with Crippen molar-refractivity contribution < 1.29 is 22.7 Å². The average Bonchev–Trinajstić information content (AvgIpc) is 3.09. The summed E-state index contributed by atoms with van der Waals surface area (Å²) >= 11 is 6.19. The van der Waals surface area contributed by atoms with Gasteiger partial charge in [0, 0.05) is 25.8 Å². The molecule has 3 rings (SSSR count). The van der Waals surface area contributed by atoms with Crippen LogP contribution in [0.3, 0.4) is 0 Å². The molecule has 0 aliphatic carbocycles. The first-order chi connectivity index (χ1) is 15.2. The van der Waals surface area contributed by atoms with Gasteiger partial charge in [-0.2, -0.15) is 4.31 Å². The van der Waals surface area contributed by atoms with Gasteiger partial charge in [0.1, 0.15) is 4.90 Å². The molecule has 2 aromatic rings. The molecule has 1 fully saturated rings. The number of esters is 1. The Balaban J connectivity index is 1.76. The molecule has 1 heterocycles. The predicted molar refractivity (Wildman–Crippen MR) is 123 cm³/mol. The lowest BCUT2D eigenvalue weighted by Gasteiger charge is -2.22. The first kappa shape index (κ1) is 24.2. The molecule has 1 aliphatic heterocycles. The van der Waals surface area contributed by atoms with Crippen molar-refractivity contribution in [2.45, 2.75) is 43.6 Å². The van der Waals surface area contributed by atoms with Crippen LogP contribution in [0.1, 0.15) is 43.0 Å². The van der Waals surface area contributed by atoms with Gasteiger partial charge in [0.05, 0.1) is 10.6 Å². The van der Waals surface area contributed by atoms with Crippen LogP contribution in [0.25, 0.3) is 0 Å². The number of para-hydroxylation sites is 1. The lowest BCUT2D eigenvalue weighted by atomic mass is 10.2. The van der Waals surface area contributed by atoms with Crippen molar-refractivity contribution in [1.82, 2.24) is 4.31 Å². The zero-order valence-corrected chi connectivity index (χ0v) is 19.7. The standard InChI is InChI=1S/C23H27ClN2O5S/c1-17(22(27)25(2)19-10-6-5-7-11-19)31-23(28)18-12-13-20(24)21(16-18)32(29,30)26-14-8-3-4-9-15-26/h5-7,10-13,16-17H,3-4,8-9,14-15H2,1-2H3/t17-/m1/s1. The molecule has 1 saturated heterocycles. The molecular formula is C23H27ClN2O5S. The van der Waals surface area contributed by atoms with Crippen molar-refractivity contribution in [2.75, 3.05) is 25.0 Å². The number of hydrogen-bond donors (Lipinski definition) is 0. The minimum atomic E-state index is -3.85. The summed E-state index contributed by atoms with van der Waals surface area (Å²) in [5, 5.41) is 0.0405. The van der Waals surface area contributed by atoms with E-state index in [1.807, 2.05) is 6.07 Å². The summed E-state index contributed by atoms with van der Waals surface area (Å²) in [4.78, 5) is 26.6. The Labute approximate surface area is 194 Å². The van der Waals surface area contributed by atoms with Gasteiger partial charge in [-0.15, -0.1) is 0 Å². The summed E-state index contributed by atoms with van der Waals surface area (Å²) in [5.41, 5.74) is 0.683. The Kier molecular flexibility index (Phi) is 7.92. The molecule has 32 heavy (non-hydrogen) atoms. The fourth-order valence-electron chi connectivity index (χ4n) is 3.58. The van der Waals surface area contributed by atoms with Gasteiger partial charge in [-0.3, -0.25) is 4.79 Å². The Bertz CT molecular complexity index is 1070. The van der Waals surface area contributed by atoms with Gasteiger partial charge in [-0.1, -0.05) is 42.6 Å². The van der Waals surface area contributed by atoms with Crippen molar-refractivity contribution in [1.29, 1.82) is 0 Å². The lowest BCUT2D eigenvalue weighted by Crippen LogP contribution is -2.37. The van der Waals surface area contributed by atoms with Gasteiger partial charge in [0.25, 0.3) is 5.91 Å². The second kappa shape index (κ2) is 10.5. The van der Waals surface area contributed by atoms with E-state index in [2.05, 4.69) is 0 Å². The number of carbonyl (C=O) groups is 2. The fourth-order valence-corrected chi connectivity index (χ4v) is 5.60. The zero-order chi connectivity index (χ0) is 23.3. The third-order valence-corrected chi connectivity index (χ3v) is 7.84. The van der Waals surface area contributed by atoms with Gasteiger partial charge >= 0.3 is 5.97 Å². The van der Waals surface area contributed by atoms with E-state index in [-0.39, 0.29) is 15.5 Å². The van der Waals surface area contributed by atoms with Crippen molar-refractivity contribution in [3.63, 3.8) is 0 Å². The molecule has 9 heteroatoms. The second-order valence-corrected chi connectivity index (χ2v) is 10.1. The van der Waals surface area contributed by atoms with Crippen LogP contribution in [0.15, 0.2) is 53.4 Å². The molecule has 0 unspecified atom stereocenters. The molecule has 0 radical (unpaired) electrons. The maximum Gasteiger partial charge on any atom is 0.338 e. The van der Waals surface area contributed by atoms with Crippen LogP contribution in [-0.2, 0) is 19.6 Å². The summed E-state index contributed by atoms with van der Waals surface area (Å²) < 4.78 is 33.0. The third kappa shape index (κ3) is 5.49. The number of nitrogens with zero attached hydrogens (tertiary/aromatic N) is 2. The fraction of sp³-hybridized carbons (Fsp3) is 0.391. The van der Waals surface area contributed by atoms with Crippen molar-refractivity contribution in [2.24, 2.45) is 0 Å². The predicted octanol–water partition coefficient (Wildman–Crippen LogP) is 4.11. The van der Waals surface area contributed by atoms with Gasteiger partial charge in [0.15, 0.2) is 6.10 Å². The number of anilines is 1. The highest BCUT2D eigenvalue weighted by Crippen LogP contribution is 2.28. The summed E-state index contributed by atoms with van der Waals surface area (Å²) in [6.07, 6.45) is 2.47. The maximum absolute atomic E-state index is 13.1. The van der Waals surface area contributed by atoms with Crippen molar-refractivity contribution >= 4 is 39.2 Å². The van der Waals surface area contributed by atoms with Crippen molar-refractivity contribution in [3.05, 3.63) is 59.1 Å². The quantitative estimate of drug-likeness (QED) is 0.583. The summed E-state index contributed by atoms with van der Waals surface area (Å²) in [5.74, 6) is -1.20. The molecule has 1 amide bonds. The summed E-state index contributed by atoms with van der Waals surface area (Å²) in [6.45, 7) is 2.32. The molecular weight excluding hydrogens is 452 g/mol. The molecule has 0 saturated carbocycles. The number of likely N-dealkylation sites (N-methyl/N-ethyl adjacent to an activating group) is 1. The third-order valence-electron chi connectivity index (χ3n) is 5.46. The molecule has 0 bridgehead atoms. The highest BCUT2D eigenvalue weighted by Gasteiger charge is 2.29. The number of rotatable bonds is 6. The van der Waals surface area contributed by atoms with Crippen LogP contribution in [0.5, 0.6) is 0 Å². The zero-order valence-electron chi connectivity index (χ0n) is 18.2. The Morgan fingerprint density at radius 3 is 2.28 bits per heavy atom. The van der Waals surface area contributed by atoms with E-state index >= 15 is 0 Å². The first-order valence-electron chi connectivity index (χ1n) is 10.5. The molecule has 1 atom stereocenters. The molecule has 0 spiro atoms. The first-order valence-corrected chi connectivity index (χ1v) is 12.4. The smallest absolute Gasteiger partial charge is 0.338 e. The highest BCUT2D eigenvalue weighted by molar-refractivity contribution is 7.89. The number of sulfonamides is 1. The summed E-state index contributed by atoms with van der Waals surface area (Å²) in [7, 11) is -2.25. The van der Waals surface area contributed by atoms with Crippen LogP contribution in [0, 0.1) is 0 Å². The van der Waals surface area contributed by atoms with E-state index in [0.29, 0.717) is 18.8 Å². The van der Waals surface area contributed by atoms with Gasteiger partial charge in [-0.05, 0) is 50.1 Å². The molecule has 172 valence electrons. The van der Waals surface area contributed by atoms with Crippen LogP contribution >= 0.6 is 11.6 Å². The van der Waals surface area contributed by atoms with Gasteiger partial charge < -0.3 is 9.64 Å². The van der Waals surface area contributed by atoms with Crippen LogP contribution < -0.4 is 4.90 Å². The number of amides is 1. The topological polar surface area (TPSA) is 84.0 Å². The van der Waals surface area contributed by atoms with Crippen LogP contribution in [0.4, 0.5) is 5.69 Å². The second-order valence-electron chi connectivity index (χ2n) is 7.74. The Morgan fingerprint density at radius 2 is 1.66 bits per heavy atom. The molecule has 7 nitrogen and oxygen atoms in total. The minimum absolute atomic E-state index is 0.0183. The number of benzene rings is 2. The SMILES string of the molecule is C[C@@H](OC(=O)c1ccc(Cl)c(S(=O)(=O)N2CCCCCC2)c1)C(=O)N(C)c1ccccc1. The normalized spacial score (nSPS) is 16.1. The van der Waals surface area contributed by atoms with E-state index in [1.165, 1.54) is 34.3 Å². The monoisotopic (exact) mass is 478 g/mol. The van der Waals surface area contributed by atoms with Crippen molar-refractivity contribution in [3.8, 4) is 0 Å². The van der Waals surface area contributed by atoms with Gasteiger partial charge in [-0.25, -0.2) is 13.2 Å².